The van der Waals surface area contributed by atoms with Crippen LogP contribution in [0.5, 0.6) is 0 Å². The topological polar surface area (TPSA) is 102 Å². The lowest BCUT2D eigenvalue weighted by Crippen LogP contribution is -2.36. The minimum Gasteiger partial charge on any atom is -0.324 e. The van der Waals surface area contributed by atoms with Gasteiger partial charge in [-0.25, -0.2) is 4.68 Å². The molecular weight excluding hydrogens is 364 g/mol. The van der Waals surface area contributed by atoms with Crippen LogP contribution in [0.15, 0.2) is 60.0 Å². The Labute approximate surface area is 159 Å². The van der Waals surface area contributed by atoms with Crippen molar-refractivity contribution in [1.29, 1.82) is 0 Å². The van der Waals surface area contributed by atoms with Crippen molar-refractivity contribution in [1.82, 2.24) is 19.7 Å². The molecule has 1 atom stereocenters. The van der Waals surface area contributed by atoms with E-state index in [2.05, 4.69) is 25.7 Å². The summed E-state index contributed by atoms with van der Waals surface area (Å²) in [5.74, 6) is 0.412. The second kappa shape index (κ2) is 7.58. The molecule has 0 unspecified atom stereocenters. The number of fused-ring (bicyclic) bond motifs is 1. The number of amides is 2. The third kappa shape index (κ3) is 3.98. The van der Waals surface area contributed by atoms with E-state index in [1.165, 1.54) is 16.4 Å². The van der Waals surface area contributed by atoms with Gasteiger partial charge in [-0.05, 0) is 17.7 Å². The molecule has 1 aromatic carbocycles. The molecule has 4 rings (SSSR count). The summed E-state index contributed by atoms with van der Waals surface area (Å²) in [7, 11) is 0. The number of aromatic nitrogens is 4. The van der Waals surface area contributed by atoms with Crippen molar-refractivity contribution in [3.8, 4) is 0 Å². The molecule has 27 heavy (non-hydrogen) atoms. The van der Waals surface area contributed by atoms with Gasteiger partial charge in [0.2, 0.25) is 22.9 Å². The van der Waals surface area contributed by atoms with Crippen molar-refractivity contribution in [2.75, 3.05) is 10.6 Å². The number of anilines is 2. The first-order valence-electron chi connectivity index (χ1n) is 8.33. The van der Waals surface area contributed by atoms with Gasteiger partial charge < -0.3 is 5.32 Å². The van der Waals surface area contributed by atoms with Gasteiger partial charge in [0.25, 0.3) is 0 Å². The van der Waals surface area contributed by atoms with Crippen LogP contribution in [-0.2, 0) is 15.3 Å². The van der Waals surface area contributed by atoms with E-state index in [1.807, 2.05) is 30.3 Å². The standard InChI is InChI=1S/C18H16N6O2S/c25-15-10-14(16(26)20-13-6-8-19-9-7-13)24-17(21-15)22-18(23-24)27-11-12-4-2-1-3-5-12/h1-9,14H,10-11H2,(H,19,20,26)(H,21,22,23,25)/t14-/m0/s1. The van der Waals surface area contributed by atoms with Gasteiger partial charge >= 0.3 is 0 Å². The second-order valence-electron chi connectivity index (χ2n) is 5.93. The molecule has 0 saturated heterocycles. The van der Waals surface area contributed by atoms with Crippen molar-refractivity contribution in [3.05, 3.63) is 60.4 Å². The van der Waals surface area contributed by atoms with Crippen molar-refractivity contribution in [2.45, 2.75) is 23.4 Å². The zero-order chi connectivity index (χ0) is 18.6. The predicted octanol–water partition coefficient (Wildman–Crippen LogP) is 2.49. The fourth-order valence-electron chi connectivity index (χ4n) is 2.69. The Balaban J connectivity index is 1.51. The average molecular weight is 380 g/mol. The number of carbonyl (C=O) groups is 2. The van der Waals surface area contributed by atoms with E-state index in [9.17, 15) is 9.59 Å². The average Bonchev–Trinajstić information content (AvgIpc) is 3.10. The van der Waals surface area contributed by atoms with Crippen LogP contribution in [0.25, 0.3) is 0 Å². The third-order valence-corrected chi connectivity index (χ3v) is 4.91. The van der Waals surface area contributed by atoms with E-state index in [4.69, 9.17) is 0 Å². The van der Waals surface area contributed by atoms with Gasteiger partial charge in [0, 0.05) is 23.8 Å². The van der Waals surface area contributed by atoms with E-state index >= 15 is 0 Å². The lowest BCUT2D eigenvalue weighted by atomic mass is 10.1. The maximum Gasteiger partial charge on any atom is 0.249 e. The van der Waals surface area contributed by atoms with Gasteiger partial charge in [0.15, 0.2) is 0 Å². The van der Waals surface area contributed by atoms with Crippen LogP contribution >= 0.6 is 11.8 Å². The highest BCUT2D eigenvalue weighted by Gasteiger charge is 2.33. The molecule has 1 aliphatic rings. The number of pyridine rings is 1. The molecule has 2 N–H and O–H groups in total. The van der Waals surface area contributed by atoms with Gasteiger partial charge in [-0.15, -0.1) is 5.10 Å². The first-order valence-corrected chi connectivity index (χ1v) is 9.31. The second-order valence-corrected chi connectivity index (χ2v) is 6.87. The largest absolute Gasteiger partial charge is 0.324 e. The summed E-state index contributed by atoms with van der Waals surface area (Å²) >= 11 is 1.45. The monoisotopic (exact) mass is 380 g/mol. The van der Waals surface area contributed by atoms with Crippen molar-refractivity contribution in [3.63, 3.8) is 0 Å². The Morgan fingerprint density at radius 1 is 1.22 bits per heavy atom. The highest BCUT2D eigenvalue weighted by molar-refractivity contribution is 7.98. The number of thioether (sulfide) groups is 1. The summed E-state index contributed by atoms with van der Waals surface area (Å²) in [6.45, 7) is 0. The number of hydrogen-bond donors (Lipinski definition) is 2. The molecular formula is C18H16N6O2S. The van der Waals surface area contributed by atoms with Crippen LogP contribution in [0.3, 0.4) is 0 Å². The summed E-state index contributed by atoms with van der Waals surface area (Å²) in [4.78, 5) is 32.9. The van der Waals surface area contributed by atoms with Gasteiger partial charge in [-0.1, -0.05) is 42.1 Å². The first-order chi connectivity index (χ1) is 13.2. The minimum absolute atomic E-state index is 0.00999. The van der Waals surface area contributed by atoms with Crippen molar-refractivity contribution >= 4 is 35.2 Å². The maximum atomic E-state index is 12.7. The van der Waals surface area contributed by atoms with Gasteiger partial charge in [0.05, 0.1) is 6.42 Å². The molecule has 0 spiro atoms. The SMILES string of the molecule is O=C1C[C@@H](C(=O)Nc2ccncc2)n2nc(SCc3ccccc3)nc2N1. The van der Waals surface area contributed by atoms with E-state index in [0.29, 0.717) is 16.6 Å². The summed E-state index contributed by atoms with van der Waals surface area (Å²) in [6, 6.07) is 12.6. The Hall–Kier alpha value is -3.20. The summed E-state index contributed by atoms with van der Waals surface area (Å²) in [6.07, 6.45) is 3.18. The zero-order valence-electron chi connectivity index (χ0n) is 14.2. The minimum atomic E-state index is -0.750. The van der Waals surface area contributed by atoms with Crippen molar-refractivity contribution in [2.24, 2.45) is 0 Å². The Bertz CT molecular complexity index is 960. The molecule has 8 nitrogen and oxygen atoms in total. The number of carbonyl (C=O) groups excluding carboxylic acids is 2. The maximum absolute atomic E-state index is 12.7. The van der Waals surface area contributed by atoms with E-state index in [0.717, 1.165) is 5.56 Å². The normalized spacial score (nSPS) is 15.7. The van der Waals surface area contributed by atoms with Crippen molar-refractivity contribution < 1.29 is 9.59 Å². The Kier molecular flexibility index (Phi) is 4.84. The molecule has 2 aromatic heterocycles. The van der Waals surface area contributed by atoms with Crippen LogP contribution in [0, 0.1) is 0 Å². The lowest BCUT2D eigenvalue weighted by molar-refractivity contribution is -0.125. The Morgan fingerprint density at radius 2 is 2.00 bits per heavy atom. The van der Waals surface area contributed by atoms with Crippen LogP contribution < -0.4 is 10.6 Å². The molecule has 2 amide bonds. The summed E-state index contributed by atoms with van der Waals surface area (Å²) < 4.78 is 1.48. The van der Waals surface area contributed by atoms with Gasteiger partial charge in [-0.2, -0.15) is 4.98 Å². The van der Waals surface area contributed by atoms with Gasteiger partial charge in [0.1, 0.15) is 6.04 Å². The fraction of sp³-hybridized carbons (Fsp3) is 0.167. The number of nitrogens with zero attached hydrogens (tertiary/aromatic N) is 4. The number of benzene rings is 1. The molecule has 0 aliphatic carbocycles. The highest BCUT2D eigenvalue weighted by atomic mass is 32.2. The zero-order valence-corrected chi connectivity index (χ0v) is 15.0. The lowest BCUT2D eigenvalue weighted by Gasteiger charge is -2.22. The molecule has 0 bridgehead atoms. The molecule has 0 saturated carbocycles. The smallest absolute Gasteiger partial charge is 0.249 e. The van der Waals surface area contributed by atoms with Crippen LogP contribution in [-0.4, -0.2) is 31.6 Å². The number of hydrogen-bond acceptors (Lipinski definition) is 6. The van der Waals surface area contributed by atoms with E-state index in [1.54, 1.807) is 24.5 Å². The highest BCUT2D eigenvalue weighted by Crippen LogP contribution is 2.28. The molecule has 3 aromatic rings. The molecule has 3 heterocycles. The molecule has 1 aliphatic heterocycles. The van der Waals surface area contributed by atoms with Crippen LogP contribution in [0.2, 0.25) is 0 Å². The molecule has 0 fully saturated rings. The molecule has 0 radical (unpaired) electrons. The Morgan fingerprint density at radius 3 is 2.78 bits per heavy atom. The van der Waals surface area contributed by atoms with E-state index in [-0.39, 0.29) is 24.2 Å². The number of nitrogens with one attached hydrogen (secondary N) is 2. The third-order valence-electron chi connectivity index (χ3n) is 4.00. The number of rotatable bonds is 5. The molecule has 9 heteroatoms. The van der Waals surface area contributed by atoms with Gasteiger partial charge in [-0.3, -0.25) is 19.9 Å². The first kappa shape index (κ1) is 17.2. The van der Waals surface area contributed by atoms with Crippen LogP contribution in [0.4, 0.5) is 11.6 Å². The predicted molar refractivity (Wildman–Crippen MR) is 101 cm³/mol. The summed E-state index contributed by atoms with van der Waals surface area (Å²) in [5, 5.41) is 10.4. The van der Waals surface area contributed by atoms with E-state index < -0.39 is 6.04 Å². The molecule has 136 valence electrons. The summed E-state index contributed by atoms with van der Waals surface area (Å²) in [5.41, 5.74) is 1.76. The van der Waals surface area contributed by atoms with Crippen LogP contribution in [0.1, 0.15) is 18.0 Å². The quantitative estimate of drug-likeness (QED) is 0.660. The fourth-order valence-corrected chi connectivity index (χ4v) is 3.48.